The fourth-order valence-electron chi connectivity index (χ4n) is 4.65. The fraction of sp³-hybridized carbons (Fsp3) is 0.333. The van der Waals surface area contributed by atoms with E-state index in [2.05, 4.69) is 47.8 Å². The van der Waals surface area contributed by atoms with Gasteiger partial charge in [0.25, 0.3) is 5.91 Å². The molecular formula is C27H33N3O2+2. The smallest absolute Gasteiger partial charge is 0.275 e. The predicted octanol–water partition coefficient (Wildman–Crippen LogP) is 0.440. The maximum Gasteiger partial charge on any atom is 0.275 e. The van der Waals surface area contributed by atoms with Crippen molar-refractivity contribution in [3.63, 3.8) is 0 Å². The van der Waals surface area contributed by atoms with Gasteiger partial charge in [-0.15, -0.1) is 0 Å². The Labute approximate surface area is 190 Å². The number of rotatable bonds is 8. The minimum absolute atomic E-state index is 0.00144. The SMILES string of the molecule is CC(=O)[C@@H](Cc1ccccc1)NC(=O)C[NH+]1CC[NH+](Cc2cccc3ccccc23)CC1. The van der Waals surface area contributed by atoms with Crippen molar-refractivity contribution >= 4 is 22.5 Å². The van der Waals surface area contributed by atoms with Crippen molar-refractivity contribution in [2.24, 2.45) is 0 Å². The zero-order valence-corrected chi connectivity index (χ0v) is 18.8. The van der Waals surface area contributed by atoms with E-state index in [0.717, 1.165) is 38.3 Å². The minimum atomic E-state index is -0.456. The first-order chi connectivity index (χ1) is 15.6. The van der Waals surface area contributed by atoms with Gasteiger partial charge >= 0.3 is 0 Å². The number of benzene rings is 3. The van der Waals surface area contributed by atoms with E-state index < -0.39 is 6.04 Å². The Bertz CT molecular complexity index is 1050. The molecule has 1 saturated heterocycles. The quantitative estimate of drug-likeness (QED) is 0.485. The third-order valence-corrected chi connectivity index (χ3v) is 6.50. The average Bonchev–Trinajstić information content (AvgIpc) is 2.81. The molecule has 3 N–H and O–H groups in total. The highest BCUT2D eigenvalue weighted by atomic mass is 16.2. The molecule has 166 valence electrons. The van der Waals surface area contributed by atoms with Gasteiger partial charge in [0, 0.05) is 5.56 Å². The summed E-state index contributed by atoms with van der Waals surface area (Å²) in [5, 5.41) is 5.60. The van der Waals surface area contributed by atoms with E-state index in [0.29, 0.717) is 13.0 Å². The molecule has 1 amide bonds. The molecule has 32 heavy (non-hydrogen) atoms. The van der Waals surface area contributed by atoms with Crippen LogP contribution < -0.4 is 15.1 Å². The lowest BCUT2D eigenvalue weighted by Gasteiger charge is -2.30. The molecule has 0 spiro atoms. The monoisotopic (exact) mass is 431 g/mol. The van der Waals surface area contributed by atoms with E-state index in [1.807, 2.05) is 30.3 Å². The van der Waals surface area contributed by atoms with Crippen molar-refractivity contribution in [2.45, 2.75) is 25.9 Å². The van der Waals surface area contributed by atoms with E-state index in [-0.39, 0.29) is 11.7 Å². The van der Waals surface area contributed by atoms with Gasteiger partial charge in [-0.2, -0.15) is 0 Å². The van der Waals surface area contributed by atoms with Gasteiger partial charge in [0.05, 0.1) is 6.04 Å². The molecule has 3 aromatic carbocycles. The van der Waals surface area contributed by atoms with Gasteiger partial charge in [-0.3, -0.25) is 9.59 Å². The maximum atomic E-state index is 12.6. The van der Waals surface area contributed by atoms with Crippen LogP contribution in [0.1, 0.15) is 18.1 Å². The van der Waals surface area contributed by atoms with Crippen molar-refractivity contribution in [2.75, 3.05) is 32.7 Å². The lowest BCUT2D eigenvalue weighted by atomic mass is 10.0. The number of hydrogen-bond donors (Lipinski definition) is 3. The first kappa shape index (κ1) is 22.2. The van der Waals surface area contributed by atoms with Crippen molar-refractivity contribution < 1.29 is 19.4 Å². The van der Waals surface area contributed by atoms with Crippen molar-refractivity contribution in [3.8, 4) is 0 Å². The van der Waals surface area contributed by atoms with Gasteiger partial charge < -0.3 is 15.1 Å². The summed E-state index contributed by atoms with van der Waals surface area (Å²) >= 11 is 0. The molecule has 3 aromatic rings. The number of hydrogen-bond acceptors (Lipinski definition) is 2. The van der Waals surface area contributed by atoms with E-state index in [1.165, 1.54) is 21.2 Å². The van der Waals surface area contributed by atoms with Gasteiger partial charge in [0.1, 0.15) is 32.7 Å². The van der Waals surface area contributed by atoms with Crippen molar-refractivity contribution in [1.29, 1.82) is 0 Å². The Morgan fingerprint density at radius 1 is 0.844 bits per heavy atom. The van der Waals surface area contributed by atoms with E-state index in [1.54, 1.807) is 11.8 Å². The summed E-state index contributed by atoms with van der Waals surface area (Å²) < 4.78 is 0. The number of carbonyl (C=O) groups excluding carboxylic acids is 2. The van der Waals surface area contributed by atoms with Gasteiger partial charge in [-0.05, 0) is 29.7 Å². The van der Waals surface area contributed by atoms with E-state index >= 15 is 0 Å². The van der Waals surface area contributed by atoms with Crippen LogP contribution in [0.3, 0.4) is 0 Å². The number of piperazine rings is 1. The van der Waals surface area contributed by atoms with Crippen LogP contribution in [0.15, 0.2) is 72.8 Å². The Morgan fingerprint density at radius 2 is 1.50 bits per heavy atom. The van der Waals surface area contributed by atoms with E-state index in [9.17, 15) is 9.59 Å². The normalized spacial score (nSPS) is 19.4. The Morgan fingerprint density at radius 3 is 2.25 bits per heavy atom. The third-order valence-electron chi connectivity index (χ3n) is 6.50. The highest BCUT2D eigenvalue weighted by Crippen LogP contribution is 2.17. The predicted molar refractivity (Wildman–Crippen MR) is 127 cm³/mol. The number of carbonyl (C=O) groups is 2. The molecular weight excluding hydrogens is 398 g/mol. The third kappa shape index (κ3) is 5.81. The molecule has 0 radical (unpaired) electrons. The Balaban J connectivity index is 1.27. The summed E-state index contributed by atoms with van der Waals surface area (Å²) in [6.07, 6.45) is 0.542. The van der Waals surface area contributed by atoms with Crippen LogP contribution in [0.5, 0.6) is 0 Å². The molecule has 0 aliphatic carbocycles. The standard InChI is InChI=1S/C27H31N3O2/c1-21(31)26(18-22-8-3-2-4-9-22)28-27(32)20-30-16-14-29(15-17-30)19-24-12-7-11-23-10-5-6-13-25(23)24/h2-13,26H,14-20H2,1H3,(H,28,32)/p+2/t26-/m1/s1. The number of Topliss-reactive ketones (excluding diaryl/α,β-unsaturated/α-hetero) is 1. The number of amides is 1. The van der Waals surface area contributed by atoms with Crippen LogP contribution >= 0.6 is 0 Å². The summed E-state index contributed by atoms with van der Waals surface area (Å²) in [7, 11) is 0. The number of nitrogens with one attached hydrogen (secondary N) is 3. The molecule has 0 unspecified atom stereocenters. The van der Waals surface area contributed by atoms with Crippen molar-refractivity contribution in [1.82, 2.24) is 5.32 Å². The molecule has 1 aliphatic heterocycles. The second-order valence-corrected chi connectivity index (χ2v) is 8.91. The summed E-state index contributed by atoms with van der Waals surface area (Å²) in [5.41, 5.74) is 2.45. The van der Waals surface area contributed by atoms with E-state index in [4.69, 9.17) is 0 Å². The molecule has 5 heteroatoms. The van der Waals surface area contributed by atoms with Gasteiger partial charge in [0.15, 0.2) is 12.3 Å². The van der Waals surface area contributed by atoms with Crippen LogP contribution in [0.25, 0.3) is 10.8 Å². The van der Waals surface area contributed by atoms with Gasteiger partial charge in [0.2, 0.25) is 0 Å². The van der Waals surface area contributed by atoms with Crippen LogP contribution in [0.4, 0.5) is 0 Å². The summed E-state index contributed by atoms with van der Waals surface area (Å²) in [5.74, 6) is -0.0322. The molecule has 1 heterocycles. The fourth-order valence-corrected chi connectivity index (χ4v) is 4.65. The lowest BCUT2D eigenvalue weighted by Crippen LogP contribution is -3.28. The highest BCUT2D eigenvalue weighted by Gasteiger charge is 2.26. The molecule has 1 fully saturated rings. The zero-order chi connectivity index (χ0) is 22.3. The van der Waals surface area contributed by atoms with Crippen LogP contribution in [0.2, 0.25) is 0 Å². The molecule has 4 rings (SSSR count). The molecule has 1 atom stereocenters. The van der Waals surface area contributed by atoms with Crippen LogP contribution in [-0.2, 0) is 22.6 Å². The Kier molecular flexibility index (Phi) is 7.30. The molecule has 0 bridgehead atoms. The average molecular weight is 432 g/mol. The largest absolute Gasteiger partial charge is 0.341 e. The summed E-state index contributed by atoms with van der Waals surface area (Å²) in [4.78, 5) is 27.6. The number of quaternary nitrogens is 2. The van der Waals surface area contributed by atoms with Gasteiger partial charge in [-0.25, -0.2) is 0 Å². The topological polar surface area (TPSA) is 55.0 Å². The summed E-state index contributed by atoms with van der Waals surface area (Å²) in [6.45, 7) is 7.03. The number of ketones is 1. The molecule has 0 aromatic heterocycles. The van der Waals surface area contributed by atoms with Crippen LogP contribution in [0, 0.1) is 0 Å². The Hall–Kier alpha value is -3.02. The minimum Gasteiger partial charge on any atom is -0.341 e. The first-order valence-corrected chi connectivity index (χ1v) is 11.6. The molecule has 1 aliphatic rings. The van der Waals surface area contributed by atoms with Crippen LogP contribution in [-0.4, -0.2) is 50.5 Å². The second-order valence-electron chi connectivity index (χ2n) is 8.91. The number of fused-ring (bicyclic) bond motifs is 1. The zero-order valence-electron chi connectivity index (χ0n) is 18.8. The molecule has 5 nitrogen and oxygen atoms in total. The molecule has 0 saturated carbocycles. The lowest BCUT2D eigenvalue weighted by molar-refractivity contribution is -1.02. The maximum absolute atomic E-state index is 12.6. The van der Waals surface area contributed by atoms with Crippen molar-refractivity contribution in [3.05, 3.63) is 83.9 Å². The summed E-state index contributed by atoms with van der Waals surface area (Å²) in [6, 6.07) is 24.5. The second kappa shape index (κ2) is 10.5. The first-order valence-electron chi connectivity index (χ1n) is 11.6. The van der Waals surface area contributed by atoms with Gasteiger partial charge in [-0.1, -0.05) is 72.8 Å². The highest BCUT2D eigenvalue weighted by molar-refractivity contribution is 5.88.